The number of aliphatic carboxylic acids is 1. The minimum absolute atomic E-state index is 0.177. The van der Waals surface area contributed by atoms with E-state index in [0.29, 0.717) is 25.0 Å². The van der Waals surface area contributed by atoms with Crippen LogP contribution in [0.4, 0.5) is 4.39 Å². The van der Waals surface area contributed by atoms with Crippen molar-refractivity contribution in [3.8, 4) is 5.75 Å². The van der Waals surface area contributed by atoms with Crippen LogP contribution in [0.1, 0.15) is 36.4 Å². The minimum Gasteiger partial charge on any atom is -0.497 e. The Morgan fingerprint density at radius 1 is 1.04 bits per heavy atom. The number of hydrogen-bond acceptors (Lipinski definition) is 3. The lowest BCUT2D eigenvalue weighted by atomic mass is 9.96. The molecular weight excluding hydrogens is 349 g/mol. The fourth-order valence-electron chi connectivity index (χ4n) is 3.51. The third-order valence-corrected chi connectivity index (χ3v) is 5.09. The lowest BCUT2D eigenvalue weighted by Crippen LogP contribution is -2.34. The highest BCUT2D eigenvalue weighted by Gasteiger charge is 2.34. The molecule has 1 unspecified atom stereocenters. The Labute approximate surface area is 157 Å². The Kier molecular flexibility index (Phi) is 5.74. The molecule has 0 aromatic heterocycles. The maximum absolute atomic E-state index is 13.3. The van der Waals surface area contributed by atoms with E-state index in [-0.39, 0.29) is 17.6 Å². The molecule has 1 aliphatic rings. The number of halogens is 1. The maximum atomic E-state index is 13.3. The van der Waals surface area contributed by atoms with Crippen LogP contribution in [0.5, 0.6) is 5.75 Å². The number of carboxylic acids is 1. The van der Waals surface area contributed by atoms with Gasteiger partial charge in [-0.2, -0.15) is 0 Å². The Morgan fingerprint density at radius 2 is 1.59 bits per heavy atom. The molecule has 3 rings (SSSR count). The summed E-state index contributed by atoms with van der Waals surface area (Å²) in [5.74, 6) is -1.47. The van der Waals surface area contributed by atoms with E-state index in [1.807, 2.05) is 12.1 Å². The summed E-state index contributed by atoms with van der Waals surface area (Å²) in [6, 6.07) is 12.8. The number of methoxy groups -OCH3 is 1. The summed E-state index contributed by atoms with van der Waals surface area (Å²) >= 11 is 0. The van der Waals surface area contributed by atoms with Gasteiger partial charge in [0, 0.05) is 5.92 Å². The van der Waals surface area contributed by atoms with Crippen LogP contribution in [0.15, 0.2) is 48.5 Å². The predicted molar refractivity (Wildman–Crippen MR) is 97.8 cm³/mol. The van der Waals surface area contributed by atoms with Crippen molar-refractivity contribution in [2.24, 2.45) is 11.8 Å². The fraction of sp³-hybridized carbons (Fsp3) is 0.333. The SMILES string of the molecule is COc1ccc(C(NC(=O)[C@@H]2CC[C@H](C(=O)O)C2)c2ccc(F)cc2)cc1. The molecule has 0 saturated heterocycles. The molecule has 0 radical (unpaired) electrons. The molecule has 0 spiro atoms. The van der Waals surface area contributed by atoms with Gasteiger partial charge in [-0.1, -0.05) is 24.3 Å². The summed E-state index contributed by atoms with van der Waals surface area (Å²) in [4.78, 5) is 23.9. The first kappa shape index (κ1) is 18.9. The van der Waals surface area contributed by atoms with E-state index in [2.05, 4.69) is 5.32 Å². The monoisotopic (exact) mass is 371 g/mol. The van der Waals surface area contributed by atoms with Gasteiger partial charge in [0.15, 0.2) is 0 Å². The second kappa shape index (κ2) is 8.20. The van der Waals surface area contributed by atoms with E-state index in [0.717, 1.165) is 11.1 Å². The van der Waals surface area contributed by atoms with Gasteiger partial charge < -0.3 is 15.2 Å². The number of carboxylic acid groups (broad SMARTS) is 1. The molecule has 6 heteroatoms. The largest absolute Gasteiger partial charge is 0.497 e. The molecule has 1 saturated carbocycles. The number of rotatable bonds is 6. The average Bonchev–Trinajstić information content (AvgIpc) is 3.18. The highest BCUT2D eigenvalue weighted by atomic mass is 19.1. The quantitative estimate of drug-likeness (QED) is 0.814. The van der Waals surface area contributed by atoms with Gasteiger partial charge in [0.05, 0.1) is 19.1 Å². The van der Waals surface area contributed by atoms with Crippen molar-refractivity contribution in [3.05, 3.63) is 65.5 Å². The van der Waals surface area contributed by atoms with Gasteiger partial charge in [-0.25, -0.2) is 4.39 Å². The first-order valence-electron chi connectivity index (χ1n) is 8.90. The Hall–Kier alpha value is -2.89. The van der Waals surface area contributed by atoms with Crippen LogP contribution in [0.25, 0.3) is 0 Å². The van der Waals surface area contributed by atoms with Crippen molar-refractivity contribution in [3.63, 3.8) is 0 Å². The van der Waals surface area contributed by atoms with E-state index >= 15 is 0 Å². The molecule has 5 nitrogen and oxygen atoms in total. The highest BCUT2D eigenvalue weighted by molar-refractivity contribution is 5.81. The van der Waals surface area contributed by atoms with E-state index in [4.69, 9.17) is 9.84 Å². The van der Waals surface area contributed by atoms with Crippen molar-refractivity contribution >= 4 is 11.9 Å². The Morgan fingerprint density at radius 3 is 2.11 bits per heavy atom. The van der Waals surface area contributed by atoms with Gasteiger partial charge in [-0.05, 0) is 54.7 Å². The van der Waals surface area contributed by atoms with Crippen molar-refractivity contribution in [1.29, 1.82) is 0 Å². The van der Waals surface area contributed by atoms with E-state index < -0.39 is 17.9 Å². The lowest BCUT2D eigenvalue weighted by molar-refractivity contribution is -0.141. The molecular formula is C21H22FNO4. The van der Waals surface area contributed by atoms with Crippen LogP contribution in [0.3, 0.4) is 0 Å². The van der Waals surface area contributed by atoms with Crippen LogP contribution >= 0.6 is 0 Å². The second-order valence-electron chi connectivity index (χ2n) is 6.81. The topological polar surface area (TPSA) is 75.6 Å². The number of amides is 1. The van der Waals surface area contributed by atoms with E-state index in [9.17, 15) is 14.0 Å². The highest BCUT2D eigenvalue weighted by Crippen LogP contribution is 2.32. The average molecular weight is 371 g/mol. The molecule has 2 N–H and O–H groups in total. The van der Waals surface area contributed by atoms with Crippen molar-refractivity contribution in [1.82, 2.24) is 5.32 Å². The van der Waals surface area contributed by atoms with Gasteiger partial charge in [-0.3, -0.25) is 9.59 Å². The Balaban J connectivity index is 1.82. The van der Waals surface area contributed by atoms with Crippen LogP contribution < -0.4 is 10.1 Å². The number of carbonyl (C=O) groups is 2. The molecule has 1 fully saturated rings. The molecule has 0 heterocycles. The molecule has 1 aliphatic carbocycles. The van der Waals surface area contributed by atoms with Crippen LogP contribution in [-0.2, 0) is 9.59 Å². The molecule has 27 heavy (non-hydrogen) atoms. The zero-order valence-electron chi connectivity index (χ0n) is 15.0. The summed E-state index contributed by atoms with van der Waals surface area (Å²) in [5, 5.41) is 12.2. The normalized spacial score (nSPS) is 20.1. The van der Waals surface area contributed by atoms with Gasteiger partial charge in [0.2, 0.25) is 5.91 Å². The standard InChI is InChI=1S/C21H22FNO4/c1-27-18-10-6-14(7-11-18)19(13-4-8-17(22)9-5-13)23-20(24)15-2-3-16(12-15)21(25)26/h4-11,15-16,19H,2-3,12H2,1H3,(H,23,24)(H,25,26)/t15-,16+,19?/m1/s1. The summed E-state index contributed by atoms with van der Waals surface area (Å²) < 4.78 is 18.5. The molecule has 2 aromatic rings. The number of benzene rings is 2. The predicted octanol–water partition coefficient (Wildman–Crippen LogP) is 3.54. The van der Waals surface area contributed by atoms with Crippen molar-refractivity contribution in [2.45, 2.75) is 25.3 Å². The maximum Gasteiger partial charge on any atom is 0.306 e. The third kappa shape index (κ3) is 4.45. The molecule has 0 bridgehead atoms. The molecule has 2 aromatic carbocycles. The van der Waals surface area contributed by atoms with E-state index in [1.165, 1.54) is 12.1 Å². The van der Waals surface area contributed by atoms with E-state index in [1.54, 1.807) is 31.4 Å². The molecule has 0 aliphatic heterocycles. The van der Waals surface area contributed by atoms with Crippen molar-refractivity contribution in [2.75, 3.05) is 7.11 Å². The first-order chi connectivity index (χ1) is 13.0. The van der Waals surface area contributed by atoms with Gasteiger partial charge in [0.1, 0.15) is 11.6 Å². The number of carbonyl (C=O) groups excluding carboxylic acids is 1. The van der Waals surface area contributed by atoms with Gasteiger partial charge in [-0.15, -0.1) is 0 Å². The van der Waals surface area contributed by atoms with Gasteiger partial charge >= 0.3 is 5.97 Å². The molecule has 3 atom stereocenters. The minimum atomic E-state index is -0.851. The second-order valence-corrected chi connectivity index (χ2v) is 6.81. The third-order valence-electron chi connectivity index (χ3n) is 5.09. The summed E-state index contributed by atoms with van der Waals surface area (Å²) in [5.41, 5.74) is 1.59. The van der Waals surface area contributed by atoms with Crippen LogP contribution in [0.2, 0.25) is 0 Å². The van der Waals surface area contributed by atoms with Gasteiger partial charge in [0.25, 0.3) is 0 Å². The molecule has 1 amide bonds. The van der Waals surface area contributed by atoms with Crippen molar-refractivity contribution < 1.29 is 23.8 Å². The zero-order chi connectivity index (χ0) is 19.4. The summed E-state index contributed by atoms with van der Waals surface area (Å²) in [6.45, 7) is 0. The molecule has 142 valence electrons. The first-order valence-corrected chi connectivity index (χ1v) is 8.90. The summed E-state index contributed by atoms with van der Waals surface area (Å²) in [7, 11) is 1.58. The summed E-state index contributed by atoms with van der Waals surface area (Å²) in [6.07, 6.45) is 1.42. The van der Waals surface area contributed by atoms with Crippen LogP contribution in [0, 0.1) is 17.7 Å². The number of hydrogen-bond donors (Lipinski definition) is 2. The van der Waals surface area contributed by atoms with Crippen LogP contribution in [-0.4, -0.2) is 24.1 Å². The number of ether oxygens (including phenoxy) is 1. The fourth-order valence-corrected chi connectivity index (χ4v) is 3.51. The lowest BCUT2D eigenvalue weighted by Gasteiger charge is -2.22. The Bertz CT molecular complexity index is 804. The zero-order valence-corrected chi connectivity index (χ0v) is 15.0. The smallest absolute Gasteiger partial charge is 0.306 e. The number of nitrogens with one attached hydrogen (secondary N) is 1.